The molecule has 1 aromatic rings. The maximum atomic E-state index is 12.0. The number of nitrogens with one attached hydrogen (secondary N) is 1. The summed E-state index contributed by atoms with van der Waals surface area (Å²) in [5.41, 5.74) is 2.24. The molecule has 1 unspecified atom stereocenters. The average molecular weight is 264 g/mol. The lowest BCUT2D eigenvalue weighted by Gasteiger charge is -2.17. The van der Waals surface area contributed by atoms with E-state index in [4.69, 9.17) is 9.47 Å². The molecule has 2 rings (SSSR count). The molecule has 0 aliphatic carbocycles. The van der Waals surface area contributed by atoms with E-state index in [1.165, 1.54) is 0 Å². The van der Waals surface area contributed by atoms with Crippen LogP contribution >= 0.6 is 0 Å². The number of hydrogen-bond acceptors (Lipinski definition) is 4. The normalized spacial score (nSPS) is 21.4. The zero-order valence-corrected chi connectivity index (χ0v) is 11.8. The van der Waals surface area contributed by atoms with E-state index in [1.54, 1.807) is 6.07 Å². The molecule has 5 heteroatoms. The molecule has 0 spiro atoms. The quantitative estimate of drug-likeness (QED) is 0.900. The second-order valence-electron chi connectivity index (χ2n) is 5.25. The highest BCUT2D eigenvalue weighted by Gasteiger charge is 2.32. The maximum absolute atomic E-state index is 12.0. The van der Waals surface area contributed by atoms with Crippen molar-refractivity contribution in [1.82, 2.24) is 10.3 Å². The minimum Gasteiger partial charge on any atom is -0.349 e. The fourth-order valence-corrected chi connectivity index (χ4v) is 2.09. The zero-order valence-electron chi connectivity index (χ0n) is 11.8. The Labute approximate surface area is 113 Å². The van der Waals surface area contributed by atoms with Gasteiger partial charge in [0.1, 0.15) is 6.10 Å². The van der Waals surface area contributed by atoms with Crippen molar-refractivity contribution < 1.29 is 14.3 Å². The number of aryl methyl sites for hydroxylation is 2. The van der Waals surface area contributed by atoms with Crippen molar-refractivity contribution in [2.75, 3.05) is 13.2 Å². The molecule has 0 aromatic carbocycles. The number of carbonyl (C=O) groups excluding carboxylic acids is 1. The van der Waals surface area contributed by atoms with Crippen molar-refractivity contribution in [3.05, 3.63) is 29.1 Å². The predicted octanol–water partition coefficient (Wildman–Crippen LogP) is 1.58. The molecular weight excluding hydrogens is 244 g/mol. The van der Waals surface area contributed by atoms with Crippen LogP contribution in [0.15, 0.2) is 12.1 Å². The van der Waals surface area contributed by atoms with Gasteiger partial charge in [-0.05, 0) is 39.8 Å². The Balaban J connectivity index is 1.91. The second-order valence-corrected chi connectivity index (χ2v) is 5.25. The molecule has 0 bridgehead atoms. The molecular formula is C14H20N2O3. The lowest BCUT2D eigenvalue weighted by molar-refractivity contribution is -0.137. The lowest BCUT2D eigenvalue weighted by atomic mass is 10.1. The van der Waals surface area contributed by atoms with Crippen LogP contribution in [0.2, 0.25) is 0 Å². The van der Waals surface area contributed by atoms with Gasteiger partial charge in [-0.1, -0.05) is 0 Å². The number of pyridine rings is 1. The first-order valence-corrected chi connectivity index (χ1v) is 6.41. The Hall–Kier alpha value is -1.46. The number of nitrogens with zero attached hydrogens (tertiary/aromatic N) is 1. The van der Waals surface area contributed by atoms with E-state index in [0.717, 1.165) is 11.4 Å². The number of aromatic nitrogens is 1. The van der Waals surface area contributed by atoms with Crippen LogP contribution in [0.4, 0.5) is 0 Å². The van der Waals surface area contributed by atoms with Crippen LogP contribution in [-0.2, 0) is 9.47 Å². The Morgan fingerprint density at radius 1 is 1.47 bits per heavy atom. The van der Waals surface area contributed by atoms with Crippen LogP contribution < -0.4 is 5.32 Å². The Kier molecular flexibility index (Phi) is 3.87. The van der Waals surface area contributed by atoms with Gasteiger partial charge in [-0.3, -0.25) is 9.78 Å². The summed E-state index contributed by atoms with van der Waals surface area (Å²) in [7, 11) is 0. The highest BCUT2D eigenvalue weighted by atomic mass is 16.7. The molecule has 0 radical (unpaired) electrons. The molecule has 1 amide bonds. The molecule has 1 atom stereocenters. The van der Waals surface area contributed by atoms with Gasteiger partial charge < -0.3 is 14.8 Å². The van der Waals surface area contributed by atoms with Crippen molar-refractivity contribution in [1.29, 1.82) is 0 Å². The van der Waals surface area contributed by atoms with Gasteiger partial charge in [0.15, 0.2) is 5.79 Å². The minimum atomic E-state index is -0.559. The van der Waals surface area contributed by atoms with E-state index in [2.05, 4.69) is 10.3 Å². The van der Waals surface area contributed by atoms with E-state index in [9.17, 15) is 4.79 Å². The van der Waals surface area contributed by atoms with Crippen LogP contribution in [0.5, 0.6) is 0 Å². The standard InChI is InChI=1S/C14H20N2O3/c1-9-5-6-12(10(2)16-9)13(17)15-7-11-8-18-14(3,4)19-11/h5-6,11H,7-8H2,1-4H3,(H,15,17). The third-order valence-electron chi connectivity index (χ3n) is 3.03. The molecule has 1 aromatic heterocycles. The largest absolute Gasteiger partial charge is 0.349 e. The van der Waals surface area contributed by atoms with Crippen LogP contribution in [-0.4, -0.2) is 35.9 Å². The van der Waals surface area contributed by atoms with Gasteiger partial charge >= 0.3 is 0 Å². The Bertz CT molecular complexity index is 486. The summed E-state index contributed by atoms with van der Waals surface area (Å²) < 4.78 is 11.1. The summed E-state index contributed by atoms with van der Waals surface area (Å²) in [5, 5.41) is 2.86. The first-order valence-electron chi connectivity index (χ1n) is 6.41. The van der Waals surface area contributed by atoms with E-state index in [1.807, 2.05) is 33.8 Å². The number of hydrogen-bond donors (Lipinski definition) is 1. The maximum Gasteiger partial charge on any atom is 0.253 e. The molecule has 19 heavy (non-hydrogen) atoms. The zero-order chi connectivity index (χ0) is 14.0. The first kappa shape index (κ1) is 14.0. The van der Waals surface area contributed by atoms with Crippen LogP contribution in [0.3, 0.4) is 0 Å². The summed E-state index contributed by atoms with van der Waals surface area (Å²) in [6.07, 6.45) is -0.0994. The third-order valence-corrected chi connectivity index (χ3v) is 3.03. The molecule has 1 saturated heterocycles. The number of rotatable bonds is 3. The van der Waals surface area contributed by atoms with E-state index >= 15 is 0 Å². The summed E-state index contributed by atoms with van der Waals surface area (Å²) in [5.74, 6) is -0.685. The van der Waals surface area contributed by atoms with Crippen molar-refractivity contribution in [2.24, 2.45) is 0 Å². The fraction of sp³-hybridized carbons (Fsp3) is 0.571. The monoisotopic (exact) mass is 264 g/mol. The summed E-state index contributed by atoms with van der Waals surface area (Å²) >= 11 is 0. The number of carbonyl (C=O) groups is 1. The van der Waals surface area contributed by atoms with Crippen LogP contribution in [0, 0.1) is 13.8 Å². The van der Waals surface area contributed by atoms with Crippen molar-refractivity contribution >= 4 is 5.91 Å². The van der Waals surface area contributed by atoms with Crippen molar-refractivity contribution in [3.63, 3.8) is 0 Å². The van der Waals surface area contributed by atoms with Gasteiger partial charge in [0.05, 0.1) is 17.9 Å². The molecule has 1 aliphatic rings. The topological polar surface area (TPSA) is 60.5 Å². The second kappa shape index (κ2) is 5.27. The average Bonchev–Trinajstić information content (AvgIpc) is 2.66. The molecule has 1 fully saturated rings. The number of amides is 1. The highest BCUT2D eigenvalue weighted by Crippen LogP contribution is 2.21. The first-order chi connectivity index (χ1) is 8.87. The van der Waals surface area contributed by atoms with E-state index in [-0.39, 0.29) is 12.0 Å². The van der Waals surface area contributed by atoms with Crippen LogP contribution in [0.1, 0.15) is 35.6 Å². The Morgan fingerprint density at radius 2 is 2.21 bits per heavy atom. The van der Waals surface area contributed by atoms with Crippen LogP contribution in [0.25, 0.3) is 0 Å². The predicted molar refractivity (Wildman–Crippen MR) is 70.9 cm³/mol. The van der Waals surface area contributed by atoms with E-state index in [0.29, 0.717) is 18.7 Å². The summed E-state index contributed by atoms with van der Waals surface area (Å²) in [6, 6.07) is 3.63. The molecule has 0 saturated carbocycles. The van der Waals surface area contributed by atoms with Gasteiger partial charge in [-0.15, -0.1) is 0 Å². The molecule has 2 heterocycles. The van der Waals surface area contributed by atoms with Gasteiger partial charge in [-0.2, -0.15) is 0 Å². The third kappa shape index (κ3) is 3.52. The molecule has 1 N–H and O–H groups in total. The summed E-state index contributed by atoms with van der Waals surface area (Å²) in [4.78, 5) is 16.3. The molecule has 5 nitrogen and oxygen atoms in total. The van der Waals surface area contributed by atoms with Crippen molar-refractivity contribution in [3.8, 4) is 0 Å². The van der Waals surface area contributed by atoms with Gasteiger partial charge in [-0.25, -0.2) is 0 Å². The Morgan fingerprint density at radius 3 is 2.79 bits per heavy atom. The smallest absolute Gasteiger partial charge is 0.253 e. The molecule has 104 valence electrons. The molecule has 1 aliphatic heterocycles. The fourth-order valence-electron chi connectivity index (χ4n) is 2.09. The summed E-state index contributed by atoms with van der Waals surface area (Å²) in [6.45, 7) is 8.40. The highest BCUT2D eigenvalue weighted by molar-refractivity contribution is 5.95. The lowest BCUT2D eigenvalue weighted by Crippen LogP contribution is -2.34. The van der Waals surface area contributed by atoms with Crippen molar-refractivity contribution in [2.45, 2.75) is 39.6 Å². The van der Waals surface area contributed by atoms with E-state index < -0.39 is 5.79 Å². The van der Waals surface area contributed by atoms with Gasteiger partial charge in [0, 0.05) is 12.2 Å². The SMILES string of the molecule is Cc1ccc(C(=O)NCC2COC(C)(C)O2)c(C)n1. The minimum absolute atomic E-state index is 0.0994. The number of ether oxygens (including phenoxy) is 2. The van der Waals surface area contributed by atoms with Gasteiger partial charge in [0.25, 0.3) is 5.91 Å². The van der Waals surface area contributed by atoms with Gasteiger partial charge in [0.2, 0.25) is 0 Å².